The van der Waals surface area contributed by atoms with E-state index >= 15 is 0 Å². The van der Waals surface area contributed by atoms with Crippen LogP contribution in [0.5, 0.6) is 0 Å². The monoisotopic (exact) mass is 352 g/mol. The largest absolute Gasteiger partial charge is 0.447 e. The lowest BCUT2D eigenvalue weighted by Crippen LogP contribution is -2.19. The van der Waals surface area contributed by atoms with E-state index in [1.54, 1.807) is 30.6 Å². The second kappa shape index (κ2) is 6.62. The molecule has 1 aliphatic rings. The average Bonchev–Trinajstić information content (AvgIpc) is 3.21. The van der Waals surface area contributed by atoms with E-state index in [1.165, 1.54) is 17.5 Å². The molecule has 8 nitrogen and oxygen atoms in total. The minimum Gasteiger partial charge on any atom is -0.447 e. The Morgan fingerprint density at radius 2 is 2.08 bits per heavy atom. The fourth-order valence-electron chi connectivity index (χ4n) is 3.12. The van der Waals surface area contributed by atoms with Crippen molar-refractivity contribution in [1.82, 2.24) is 19.6 Å². The first-order valence-electron chi connectivity index (χ1n) is 8.66. The molecule has 26 heavy (non-hydrogen) atoms. The molecule has 0 radical (unpaired) electrons. The van der Waals surface area contributed by atoms with Gasteiger partial charge in [-0.15, -0.1) is 10.2 Å². The van der Waals surface area contributed by atoms with E-state index in [-0.39, 0.29) is 12.1 Å². The molecule has 0 unspecified atom stereocenters. The fraction of sp³-hybridized carbons (Fsp3) is 0.333. The number of carbonyl (C=O) groups excluding carboxylic acids is 1. The van der Waals surface area contributed by atoms with Crippen molar-refractivity contribution in [3.05, 3.63) is 41.7 Å². The van der Waals surface area contributed by atoms with Crippen molar-refractivity contribution in [3.63, 3.8) is 0 Å². The Bertz CT molecular complexity index is 965. The van der Waals surface area contributed by atoms with Gasteiger partial charge in [-0.05, 0) is 56.4 Å². The van der Waals surface area contributed by atoms with Gasteiger partial charge >= 0.3 is 6.09 Å². The number of hydrogen-bond acceptors (Lipinski definition) is 6. The Kier molecular flexibility index (Phi) is 4.16. The summed E-state index contributed by atoms with van der Waals surface area (Å²) in [6.07, 6.45) is 6.00. The van der Waals surface area contributed by atoms with E-state index < -0.39 is 6.09 Å². The van der Waals surface area contributed by atoms with Gasteiger partial charge in [-0.2, -0.15) is 0 Å². The summed E-state index contributed by atoms with van der Waals surface area (Å²) in [5.74, 6) is 0.855. The lowest BCUT2D eigenvalue weighted by atomic mass is 10.1. The average molecular weight is 352 g/mol. The molecule has 2 aromatic heterocycles. The van der Waals surface area contributed by atoms with Crippen LogP contribution in [0.2, 0.25) is 0 Å². The number of nitrogens with zero attached hydrogens (tertiary/aromatic N) is 4. The number of carbonyl (C=O) groups is 1. The van der Waals surface area contributed by atoms with Crippen LogP contribution in [0.3, 0.4) is 0 Å². The van der Waals surface area contributed by atoms with Crippen LogP contribution in [0.1, 0.15) is 31.4 Å². The molecule has 3 aromatic rings. The molecule has 0 fully saturated rings. The Labute approximate surface area is 150 Å². The van der Waals surface area contributed by atoms with Crippen molar-refractivity contribution in [2.45, 2.75) is 39.2 Å². The Morgan fingerprint density at radius 1 is 1.23 bits per heavy atom. The van der Waals surface area contributed by atoms with Crippen LogP contribution in [-0.2, 0) is 17.6 Å². The first-order valence-corrected chi connectivity index (χ1v) is 8.66. The SMILES string of the molecule is CC(C)OC(=O)Nc1nnc2c(Nc3ccc4c(c3)CCC4)nccn12. The maximum atomic E-state index is 11.8. The number of rotatable bonds is 4. The van der Waals surface area contributed by atoms with Gasteiger partial charge in [-0.1, -0.05) is 6.07 Å². The molecule has 0 aliphatic heterocycles. The predicted octanol–water partition coefficient (Wildman–Crippen LogP) is 3.31. The number of amides is 1. The highest BCUT2D eigenvalue weighted by Crippen LogP contribution is 2.27. The summed E-state index contributed by atoms with van der Waals surface area (Å²) in [4.78, 5) is 16.2. The van der Waals surface area contributed by atoms with Crippen LogP contribution in [0.4, 0.5) is 22.2 Å². The standard InChI is InChI=1S/C18H20N6O2/c1-11(2)26-18(25)21-17-23-22-16-15(19-8-9-24(16)17)20-14-7-6-12-4-3-5-13(12)10-14/h6-11H,3-5H2,1-2H3,(H,19,20)(H,21,23,25). The number of hydrogen-bond donors (Lipinski definition) is 2. The second-order valence-electron chi connectivity index (χ2n) is 6.53. The molecular weight excluding hydrogens is 332 g/mol. The zero-order valence-electron chi connectivity index (χ0n) is 14.7. The summed E-state index contributed by atoms with van der Waals surface area (Å²) < 4.78 is 6.74. The van der Waals surface area contributed by atoms with Crippen molar-refractivity contribution in [1.29, 1.82) is 0 Å². The first-order chi connectivity index (χ1) is 12.6. The molecule has 0 saturated carbocycles. The van der Waals surface area contributed by atoms with E-state index in [1.807, 2.05) is 6.07 Å². The zero-order valence-corrected chi connectivity index (χ0v) is 14.7. The van der Waals surface area contributed by atoms with Crippen LogP contribution in [0, 0.1) is 0 Å². The van der Waals surface area contributed by atoms with Gasteiger partial charge in [0.15, 0.2) is 5.82 Å². The first kappa shape index (κ1) is 16.3. The number of aryl methyl sites for hydroxylation is 2. The maximum absolute atomic E-state index is 11.8. The van der Waals surface area contributed by atoms with E-state index in [0.29, 0.717) is 11.5 Å². The summed E-state index contributed by atoms with van der Waals surface area (Å²) in [7, 11) is 0. The molecule has 1 aromatic carbocycles. The Morgan fingerprint density at radius 3 is 2.92 bits per heavy atom. The summed E-state index contributed by atoms with van der Waals surface area (Å²) in [6, 6.07) is 6.36. The lowest BCUT2D eigenvalue weighted by Gasteiger charge is -2.10. The summed E-state index contributed by atoms with van der Waals surface area (Å²) in [5.41, 5.74) is 4.28. The number of nitrogens with one attached hydrogen (secondary N) is 2. The molecule has 0 spiro atoms. The number of aromatic nitrogens is 4. The van der Waals surface area contributed by atoms with Crippen LogP contribution >= 0.6 is 0 Å². The highest BCUT2D eigenvalue weighted by atomic mass is 16.6. The van der Waals surface area contributed by atoms with E-state index in [0.717, 1.165) is 18.5 Å². The van der Waals surface area contributed by atoms with E-state index in [9.17, 15) is 4.79 Å². The molecule has 2 heterocycles. The van der Waals surface area contributed by atoms with E-state index in [2.05, 4.69) is 37.9 Å². The molecule has 4 rings (SSSR count). The second-order valence-corrected chi connectivity index (χ2v) is 6.53. The van der Waals surface area contributed by atoms with Crippen molar-refractivity contribution < 1.29 is 9.53 Å². The quantitative estimate of drug-likeness (QED) is 0.748. The Hall–Kier alpha value is -3.16. The normalized spacial score (nSPS) is 13.0. The van der Waals surface area contributed by atoms with Crippen LogP contribution in [-0.4, -0.2) is 31.8 Å². The van der Waals surface area contributed by atoms with Gasteiger partial charge in [0.2, 0.25) is 11.6 Å². The molecule has 134 valence electrons. The molecule has 1 aliphatic carbocycles. The van der Waals surface area contributed by atoms with Crippen LogP contribution < -0.4 is 10.6 Å². The summed E-state index contributed by atoms with van der Waals surface area (Å²) in [5, 5.41) is 14.1. The number of anilines is 3. The van der Waals surface area contributed by atoms with Gasteiger partial charge in [0.05, 0.1) is 6.10 Å². The van der Waals surface area contributed by atoms with Gasteiger partial charge in [-0.3, -0.25) is 9.72 Å². The van der Waals surface area contributed by atoms with Crippen molar-refractivity contribution >= 4 is 29.2 Å². The van der Waals surface area contributed by atoms with Crippen molar-refractivity contribution in [2.75, 3.05) is 10.6 Å². The highest BCUT2D eigenvalue weighted by molar-refractivity contribution is 5.83. The molecule has 0 saturated heterocycles. The van der Waals surface area contributed by atoms with Gasteiger partial charge in [0.1, 0.15) is 0 Å². The molecule has 0 atom stereocenters. The molecule has 1 amide bonds. The maximum Gasteiger partial charge on any atom is 0.414 e. The number of benzene rings is 1. The fourth-order valence-corrected chi connectivity index (χ4v) is 3.12. The Balaban J connectivity index is 1.59. The van der Waals surface area contributed by atoms with Gasteiger partial charge in [0, 0.05) is 18.1 Å². The van der Waals surface area contributed by atoms with Gasteiger partial charge < -0.3 is 10.1 Å². The number of fused-ring (bicyclic) bond motifs is 2. The third-order valence-corrected chi connectivity index (χ3v) is 4.24. The van der Waals surface area contributed by atoms with Crippen LogP contribution in [0.25, 0.3) is 5.65 Å². The topological polar surface area (TPSA) is 93.4 Å². The predicted molar refractivity (Wildman–Crippen MR) is 97.8 cm³/mol. The minimum atomic E-state index is -0.570. The van der Waals surface area contributed by atoms with Gasteiger partial charge in [0.25, 0.3) is 0 Å². The smallest absolute Gasteiger partial charge is 0.414 e. The number of ether oxygens (including phenoxy) is 1. The summed E-state index contributed by atoms with van der Waals surface area (Å²) in [6.45, 7) is 3.56. The third kappa shape index (κ3) is 3.17. The minimum absolute atomic E-state index is 0.215. The third-order valence-electron chi connectivity index (χ3n) is 4.24. The van der Waals surface area contributed by atoms with Crippen LogP contribution in [0.15, 0.2) is 30.6 Å². The van der Waals surface area contributed by atoms with Crippen molar-refractivity contribution in [3.8, 4) is 0 Å². The van der Waals surface area contributed by atoms with Gasteiger partial charge in [-0.25, -0.2) is 9.78 Å². The zero-order chi connectivity index (χ0) is 18.1. The molecule has 0 bridgehead atoms. The van der Waals surface area contributed by atoms with Crippen molar-refractivity contribution in [2.24, 2.45) is 0 Å². The molecule has 8 heteroatoms. The molecule has 2 N–H and O–H groups in total. The van der Waals surface area contributed by atoms with E-state index in [4.69, 9.17) is 4.74 Å². The highest BCUT2D eigenvalue weighted by Gasteiger charge is 2.15. The summed E-state index contributed by atoms with van der Waals surface area (Å²) >= 11 is 0. The molecular formula is C18H20N6O2. The lowest BCUT2D eigenvalue weighted by molar-refractivity contribution is 0.129.